The van der Waals surface area contributed by atoms with Crippen LogP contribution >= 0.6 is 0 Å². The number of benzene rings is 2. The van der Waals surface area contributed by atoms with Crippen LogP contribution in [0.4, 0.5) is 5.69 Å². The molecule has 0 aliphatic heterocycles. The van der Waals surface area contributed by atoms with Gasteiger partial charge in [0.15, 0.2) is 0 Å². The molecule has 0 aliphatic carbocycles. The maximum atomic E-state index is 6.18. The van der Waals surface area contributed by atoms with Crippen molar-refractivity contribution >= 4 is 5.69 Å². The predicted molar refractivity (Wildman–Crippen MR) is 115 cm³/mol. The lowest BCUT2D eigenvalue weighted by Crippen LogP contribution is -2.23. The monoisotopic (exact) mass is 375 g/mol. The Balaban J connectivity index is 1.64. The first-order valence-electron chi connectivity index (χ1n) is 9.93. The molecule has 0 aliphatic rings. The lowest BCUT2D eigenvalue weighted by Gasteiger charge is -2.24. The third-order valence-corrected chi connectivity index (χ3v) is 4.83. The van der Waals surface area contributed by atoms with E-state index in [0.29, 0.717) is 13.2 Å². The molecule has 0 bridgehead atoms. The van der Waals surface area contributed by atoms with Crippen molar-refractivity contribution in [3.63, 3.8) is 0 Å². The van der Waals surface area contributed by atoms with Crippen LogP contribution in [0.2, 0.25) is 0 Å². The van der Waals surface area contributed by atoms with Gasteiger partial charge in [0.25, 0.3) is 0 Å². The predicted octanol–water partition coefficient (Wildman–Crippen LogP) is 5.06. The van der Waals surface area contributed by atoms with Crippen molar-refractivity contribution in [1.82, 2.24) is 9.88 Å². The zero-order chi connectivity index (χ0) is 19.6. The normalized spacial score (nSPS) is 11.0. The van der Waals surface area contributed by atoms with Gasteiger partial charge >= 0.3 is 0 Å². The second-order valence-electron chi connectivity index (χ2n) is 6.78. The van der Waals surface area contributed by atoms with Crippen LogP contribution in [0.1, 0.15) is 30.5 Å². The van der Waals surface area contributed by atoms with Crippen LogP contribution in [-0.4, -0.2) is 23.0 Å². The molecule has 0 atom stereocenters. The number of hydrogen-bond donors (Lipinski definition) is 0. The van der Waals surface area contributed by atoms with Gasteiger partial charge in [0.05, 0.1) is 18.8 Å². The number of anilines is 1. The highest BCUT2D eigenvalue weighted by Crippen LogP contribution is 2.19. The standard InChI is InChI=1S/C24H29N3O/c1-3-26(4-2)18-21-10-12-23(13-11-21)20-28-27(24-8-6-5-7-9-24)19-22-14-16-25-17-15-22/h5-17H,3-4,18-20H2,1-2H3. The van der Waals surface area contributed by atoms with Crippen molar-refractivity contribution < 1.29 is 4.84 Å². The first-order chi connectivity index (χ1) is 13.8. The van der Waals surface area contributed by atoms with Crippen molar-refractivity contribution in [2.24, 2.45) is 0 Å². The highest BCUT2D eigenvalue weighted by Gasteiger charge is 2.09. The van der Waals surface area contributed by atoms with Crippen LogP contribution in [0, 0.1) is 0 Å². The van der Waals surface area contributed by atoms with Gasteiger partial charge in [-0.05, 0) is 54.0 Å². The summed E-state index contributed by atoms with van der Waals surface area (Å²) in [5.41, 5.74) is 4.70. The molecule has 146 valence electrons. The molecule has 2 aromatic carbocycles. The number of hydroxylamine groups is 1. The minimum Gasteiger partial charge on any atom is -0.300 e. The number of pyridine rings is 1. The first kappa shape index (κ1) is 20.1. The zero-order valence-corrected chi connectivity index (χ0v) is 16.8. The highest BCUT2D eigenvalue weighted by molar-refractivity contribution is 5.44. The summed E-state index contributed by atoms with van der Waals surface area (Å²) in [5.74, 6) is 0. The van der Waals surface area contributed by atoms with Gasteiger partial charge in [-0.1, -0.05) is 56.3 Å². The summed E-state index contributed by atoms with van der Waals surface area (Å²) >= 11 is 0. The molecule has 1 aromatic heterocycles. The van der Waals surface area contributed by atoms with E-state index in [2.05, 4.69) is 60.1 Å². The van der Waals surface area contributed by atoms with E-state index >= 15 is 0 Å². The molecule has 0 saturated carbocycles. The summed E-state index contributed by atoms with van der Waals surface area (Å²) in [6, 6.07) is 23.0. The number of para-hydroxylation sites is 1. The van der Waals surface area contributed by atoms with Crippen molar-refractivity contribution in [2.45, 2.75) is 33.5 Å². The smallest absolute Gasteiger partial charge is 0.0999 e. The average molecular weight is 376 g/mol. The third kappa shape index (κ3) is 5.91. The molecule has 3 aromatic rings. The van der Waals surface area contributed by atoms with Gasteiger partial charge in [0.2, 0.25) is 0 Å². The van der Waals surface area contributed by atoms with E-state index in [-0.39, 0.29) is 0 Å². The maximum Gasteiger partial charge on any atom is 0.0999 e. The summed E-state index contributed by atoms with van der Waals surface area (Å²) in [7, 11) is 0. The average Bonchev–Trinajstić information content (AvgIpc) is 2.77. The van der Waals surface area contributed by atoms with Gasteiger partial charge in [-0.25, -0.2) is 5.06 Å². The van der Waals surface area contributed by atoms with Gasteiger partial charge in [-0.2, -0.15) is 0 Å². The van der Waals surface area contributed by atoms with Gasteiger partial charge in [-0.3, -0.25) is 14.7 Å². The van der Waals surface area contributed by atoms with Gasteiger partial charge in [-0.15, -0.1) is 0 Å². The Hall–Kier alpha value is -2.69. The summed E-state index contributed by atoms with van der Waals surface area (Å²) < 4.78 is 0. The molecule has 0 unspecified atom stereocenters. The Kier molecular flexibility index (Phi) is 7.59. The second kappa shape index (κ2) is 10.6. The van der Waals surface area contributed by atoms with Crippen LogP contribution in [-0.2, 0) is 24.5 Å². The Bertz CT molecular complexity index is 802. The van der Waals surface area contributed by atoms with E-state index in [1.165, 1.54) is 11.1 Å². The number of rotatable bonds is 10. The molecule has 0 spiro atoms. The molecule has 3 rings (SSSR count). The topological polar surface area (TPSA) is 28.6 Å². The van der Waals surface area contributed by atoms with Crippen LogP contribution < -0.4 is 5.06 Å². The van der Waals surface area contributed by atoms with Crippen molar-refractivity contribution in [3.8, 4) is 0 Å². The summed E-state index contributed by atoms with van der Waals surface area (Å²) in [6.45, 7) is 8.74. The molecule has 4 nitrogen and oxygen atoms in total. The van der Waals surface area contributed by atoms with Crippen molar-refractivity contribution in [2.75, 3.05) is 18.2 Å². The van der Waals surface area contributed by atoms with Gasteiger partial charge < -0.3 is 0 Å². The SMILES string of the molecule is CCN(CC)Cc1ccc(CON(Cc2ccncc2)c2ccccc2)cc1. The van der Waals surface area contributed by atoms with Crippen LogP contribution in [0.3, 0.4) is 0 Å². The maximum absolute atomic E-state index is 6.18. The number of aromatic nitrogens is 1. The summed E-state index contributed by atoms with van der Waals surface area (Å²) in [5, 5.41) is 1.94. The lowest BCUT2D eigenvalue weighted by molar-refractivity contribution is 0.0908. The fourth-order valence-corrected chi connectivity index (χ4v) is 3.06. The van der Waals surface area contributed by atoms with E-state index in [1.54, 1.807) is 0 Å². The first-order valence-corrected chi connectivity index (χ1v) is 9.93. The molecule has 0 N–H and O–H groups in total. The lowest BCUT2D eigenvalue weighted by atomic mass is 10.1. The molecule has 0 radical (unpaired) electrons. The minimum absolute atomic E-state index is 0.533. The van der Waals surface area contributed by atoms with E-state index in [4.69, 9.17) is 4.84 Å². The Morgan fingerprint density at radius 1 is 0.714 bits per heavy atom. The van der Waals surface area contributed by atoms with E-state index in [1.807, 2.05) is 47.8 Å². The van der Waals surface area contributed by atoms with Crippen molar-refractivity contribution in [1.29, 1.82) is 0 Å². The fourth-order valence-electron chi connectivity index (χ4n) is 3.06. The second-order valence-corrected chi connectivity index (χ2v) is 6.78. The Morgan fingerprint density at radius 3 is 1.96 bits per heavy atom. The van der Waals surface area contributed by atoms with Crippen LogP contribution in [0.15, 0.2) is 79.1 Å². The number of nitrogens with zero attached hydrogens (tertiary/aromatic N) is 3. The molecule has 0 saturated heterocycles. The van der Waals surface area contributed by atoms with E-state index < -0.39 is 0 Å². The minimum atomic E-state index is 0.533. The summed E-state index contributed by atoms with van der Waals surface area (Å²) in [6.07, 6.45) is 3.63. The van der Waals surface area contributed by atoms with Crippen molar-refractivity contribution in [3.05, 3.63) is 95.8 Å². The van der Waals surface area contributed by atoms with Crippen LogP contribution in [0.5, 0.6) is 0 Å². The van der Waals surface area contributed by atoms with Crippen LogP contribution in [0.25, 0.3) is 0 Å². The molecule has 0 amide bonds. The van der Waals surface area contributed by atoms with Gasteiger partial charge in [0.1, 0.15) is 0 Å². The Labute approximate surface area is 168 Å². The molecular weight excluding hydrogens is 346 g/mol. The van der Waals surface area contributed by atoms with E-state index in [9.17, 15) is 0 Å². The van der Waals surface area contributed by atoms with Gasteiger partial charge in [0, 0.05) is 18.9 Å². The van der Waals surface area contributed by atoms with E-state index in [0.717, 1.165) is 30.9 Å². The Morgan fingerprint density at radius 2 is 1.32 bits per heavy atom. The molecular formula is C24H29N3O. The highest BCUT2D eigenvalue weighted by atomic mass is 16.7. The molecule has 0 fully saturated rings. The third-order valence-electron chi connectivity index (χ3n) is 4.83. The summed E-state index contributed by atoms with van der Waals surface area (Å²) in [4.78, 5) is 12.7. The fraction of sp³-hybridized carbons (Fsp3) is 0.292. The largest absolute Gasteiger partial charge is 0.300 e. The number of hydrogen-bond acceptors (Lipinski definition) is 4. The molecule has 1 heterocycles. The quantitative estimate of drug-likeness (QED) is 0.463. The molecule has 4 heteroatoms. The zero-order valence-electron chi connectivity index (χ0n) is 16.8. The molecule has 28 heavy (non-hydrogen) atoms.